The van der Waals surface area contributed by atoms with E-state index >= 15 is 0 Å². The smallest absolute Gasteiger partial charge is 0.0939 e. The molecule has 0 aromatic carbocycles. The van der Waals surface area contributed by atoms with Gasteiger partial charge in [-0.05, 0) is 0 Å². The second-order valence-electron chi connectivity index (χ2n) is 1.37. The predicted molar refractivity (Wildman–Crippen MR) is 29.0 cm³/mol. The van der Waals surface area contributed by atoms with Crippen LogP contribution in [0.1, 0.15) is 0 Å². The van der Waals surface area contributed by atoms with E-state index in [4.69, 9.17) is 0 Å². The van der Waals surface area contributed by atoms with Gasteiger partial charge < -0.3 is 5.32 Å². The van der Waals surface area contributed by atoms with E-state index in [0.717, 1.165) is 12.3 Å². The van der Waals surface area contributed by atoms with Crippen molar-refractivity contribution in [2.75, 3.05) is 19.0 Å². The zero-order chi connectivity index (χ0) is 5.11. The van der Waals surface area contributed by atoms with Crippen LogP contribution in [0.25, 0.3) is 0 Å². The number of hydrogen-bond acceptors (Lipinski definition) is 2. The van der Waals surface area contributed by atoms with Crippen LogP contribution in [0.15, 0.2) is 0 Å². The molecule has 1 heterocycles. The molecule has 7 heavy (non-hydrogen) atoms. The van der Waals surface area contributed by atoms with Crippen molar-refractivity contribution in [3.8, 4) is 0 Å². The van der Waals surface area contributed by atoms with E-state index in [9.17, 15) is 4.21 Å². The molecule has 0 saturated carbocycles. The average Bonchev–Trinajstić information content (AvgIpc) is 1.69. The Morgan fingerprint density at radius 3 is 2.71 bits per heavy atom. The summed E-state index contributed by atoms with van der Waals surface area (Å²) in [6, 6.07) is 0. The molecule has 0 aliphatic carbocycles. The summed E-state index contributed by atoms with van der Waals surface area (Å²) in [5.74, 6) is 0.736. The van der Waals surface area contributed by atoms with Crippen molar-refractivity contribution in [3.63, 3.8) is 0 Å². The third-order valence-electron chi connectivity index (χ3n) is 0.822. The lowest BCUT2D eigenvalue weighted by molar-refractivity contribution is 0.626. The van der Waals surface area contributed by atoms with Crippen LogP contribution >= 0.6 is 0 Å². The zero-order valence-corrected chi connectivity index (χ0v) is 4.75. The molecule has 3 nitrogen and oxygen atoms in total. The van der Waals surface area contributed by atoms with Gasteiger partial charge in [0.2, 0.25) is 0 Å². The summed E-state index contributed by atoms with van der Waals surface area (Å²) in [7, 11) is -0.753. The summed E-state index contributed by atoms with van der Waals surface area (Å²) in [4.78, 5) is 0. The first-order valence-electron chi connectivity index (χ1n) is 2.22. The molecule has 1 fully saturated rings. The standard InChI is InChI=1S/C3H8N2OS/c6-7-2-1-4-3-5-7/h4-5H,1-3H2. The molecule has 0 aromatic rings. The van der Waals surface area contributed by atoms with Crippen molar-refractivity contribution >= 4 is 11.0 Å². The summed E-state index contributed by atoms with van der Waals surface area (Å²) < 4.78 is 13.2. The fraction of sp³-hybridized carbons (Fsp3) is 1.00. The fourth-order valence-electron chi connectivity index (χ4n) is 0.457. The molecule has 1 saturated heterocycles. The Bertz CT molecular complexity index is 77.0. The van der Waals surface area contributed by atoms with Gasteiger partial charge in [-0.15, -0.1) is 0 Å². The lowest BCUT2D eigenvalue weighted by atomic mass is 10.7. The van der Waals surface area contributed by atoms with Gasteiger partial charge in [0.15, 0.2) is 0 Å². The van der Waals surface area contributed by atoms with Crippen molar-refractivity contribution in [2.45, 2.75) is 0 Å². The summed E-state index contributed by atoms with van der Waals surface area (Å²) in [6.45, 7) is 1.56. The molecule has 1 aliphatic heterocycles. The van der Waals surface area contributed by atoms with Gasteiger partial charge in [0.1, 0.15) is 0 Å². The van der Waals surface area contributed by atoms with Gasteiger partial charge >= 0.3 is 0 Å². The molecule has 42 valence electrons. The molecule has 2 N–H and O–H groups in total. The second-order valence-corrected chi connectivity index (χ2v) is 2.76. The van der Waals surface area contributed by atoms with E-state index in [1.165, 1.54) is 0 Å². The summed E-state index contributed by atoms with van der Waals surface area (Å²) >= 11 is 0. The first kappa shape index (κ1) is 5.21. The molecular formula is C3H8N2OS. The molecule has 0 radical (unpaired) electrons. The summed E-state index contributed by atoms with van der Waals surface area (Å²) in [5, 5.41) is 3.01. The lowest BCUT2D eigenvalue weighted by Crippen LogP contribution is -2.40. The van der Waals surface area contributed by atoms with Crippen LogP contribution in [-0.4, -0.2) is 23.2 Å². The van der Waals surface area contributed by atoms with Gasteiger partial charge in [-0.1, -0.05) is 0 Å². The number of nitrogens with one attached hydrogen (secondary N) is 2. The van der Waals surface area contributed by atoms with Crippen LogP contribution in [-0.2, 0) is 11.0 Å². The Morgan fingerprint density at radius 1 is 1.57 bits per heavy atom. The van der Waals surface area contributed by atoms with Gasteiger partial charge in [-0.25, -0.2) is 8.93 Å². The van der Waals surface area contributed by atoms with E-state index in [1.807, 2.05) is 0 Å². The van der Waals surface area contributed by atoms with Crippen molar-refractivity contribution in [1.82, 2.24) is 10.0 Å². The molecular weight excluding hydrogens is 112 g/mol. The normalized spacial score (nSPS) is 32.9. The highest BCUT2D eigenvalue weighted by molar-refractivity contribution is 7.83. The Kier molecular flexibility index (Phi) is 1.78. The molecule has 4 heteroatoms. The fourth-order valence-corrected chi connectivity index (χ4v) is 1.19. The minimum atomic E-state index is -0.753. The first-order chi connectivity index (χ1) is 3.39. The molecule has 0 bridgehead atoms. The Hall–Kier alpha value is 0.0700. The van der Waals surface area contributed by atoms with Crippen molar-refractivity contribution in [3.05, 3.63) is 0 Å². The Labute approximate surface area is 45.1 Å². The van der Waals surface area contributed by atoms with E-state index < -0.39 is 11.0 Å². The quantitative estimate of drug-likeness (QED) is 0.421. The minimum Gasteiger partial charge on any atom is -0.303 e. The first-order valence-corrected chi connectivity index (χ1v) is 3.54. The van der Waals surface area contributed by atoms with Gasteiger partial charge in [-0.3, -0.25) is 0 Å². The lowest BCUT2D eigenvalue weighted by Gasteiger charge is -2.10. The van der Waals surface area contributed by atoms with Gasteiger partial charge in [0.25, 0.3) is 0 Å². The van der Waals surface area contributed by atoms with Crippen molar-refractivity contribution in [2.24, 2.45) is 0 Å². The second kappa shape index (κ2) is 2.40. The van der Waals surface area contributed by atoms with E-state index in [1.54, 1.807) is 0 Å². The van der Waals surface area contributed by atoms with Crippen molar-refractivity contribution < 1.29 is 4.21 Å². The maximum Gasteiger partial charge on any atom is 0.0939 e. The minimum absolute atomic E-state index is 0.687. The predicted octanol–water partition coefficient (Wildman–Crippen LogP) is -1.20. The summed E-state index contributed by atoms with van der Waals surface area (Å²) in [5.41, 5.74) is 0. The highest BCUT2D eigenvalue weighted by Gasteiger charge is 2.01. The van der Waals surface area contributed by atoms with Crippen LogP contribution in [0.2, 0.25) is 0 Å². The number of rotatable bonds is 0. The van der Waals surface area contributed by atoms with Crippen LogP contribution in [0.3, 0.4) is 0 Å². The number of hydrogen-bond donors (Lipinski definition) is 2. The van der Waals surface area contributed by atoms with Crippen LogP contribution in [0.5, 0.6) is 0 Å². The summed E-state index contributed by atoms with van der Waals surface area (Å²) in [6.07, 6.45) is 0. The van der Waals surface area contributed by atoms with E-state index in [0.29, 0.717) is 6.67 Å². The molecule has 0 spiro atoms. The van der Waals surface area contributed by atoms with Gasteiger partial charge in [0.05, 0.1) is 23.4 Å². The molecule has 0 amide bonds. The molecule has 1 atom stereocenters. The molecule has 1 rings (SSSR count). The molecule has 1 unspecified atom stereocenters. The van der Waals surface area contributed by atoms with Gasteiger partial charge in [0, 0.05) is 6.54 Å². The van der Waals surface area contributed by atoms with E-state index in [-0.39, 0.29) is 0 Å². The Balaban J connectivity index is 2.25. The maximum atomic E-state index is 10.4. The highest BCUT2D eigenvalue weighted by atomic mass is 32.2. The van der Waals surface area contributed by atoms with Crippen LogP contribution in [0, 0.1) is 0 Å². The Morgan fingerprint density at radius 2 is 2.43 bits per heavy atom. The zero-order valence-electron chi connectivity index (χ0n) is 3.94. The maximum absolute atomic E-state index is 10.4. The topological polar surface area (TPSA) is 41.1 Å². The third kappa shape index (κ3) is 1.54. The van der Waals surface area contributed by atoms with Crippen LogP contribution < -0.4 is 10.0 Å². The van der Waals surface area contributed by atoms with Crippen LogP contribution in [0.4, 0.5) is 0 Å². The average molecular weight is 120 g/mol. The molecule has 1 aliphatic rings. The van der Waals surface area contributed by atoms with Crippen molar-refractivity contribution in [1.29, 1.82) is 0 Å². The largest absolute Gasteiger partial charge is 0.303 e. The van der Waals surface area contributed by atoms with E-state index in [2.05, 4.69) is 10.0 Å². The monoisotopic (exact) mass is 120 g/mol. The third-order valence-corrected chi connectivity index (χ3v) is 1.86. The SMILES string of the molecule is O=S1CCNCN1. The van der Waals surface area contributed by atoms with Gasteiger partial charge in [-0.2, -0.15) is 0 Å². The highest BCUT2D eigenvalue weighted by Crippen LogP contribution is 1.76. The molecule has 0 aromatic heterocycles.